The van der Waals surface area contributed by atoms with Crippen LogP contribution in [0.3, 0.4) is 0 Å². The molecule has 0 aliphatic heterocycles. The van der Waals surface area contributed by atoms with Gasteiger partial charge in [0.15, 0.2) is 11.5 Å². The molecule has 7 heteroatoms. The van der Waals surface area contributed by atoms with Crippen molar-refractivity contribution in [3.05, 3.63) is 100 Å². The average molecular weight is 524 g/mol. The lowest BCUT2D eigenvalue weighted by molar-refractivity contribution is -0.148. The van der Waals surface area contributed by atoms with Crippen molar-refractivity contribution in [1.29, 1.82) is 0 Å². The molecule has 3 aromatic rings. The number of hydrogen-bond acceptors (Lipinski definition) is 6. The van der Waals surface area contributed by atoms with E-state index in [1.54, 1.807) is 18.9 Å². The average Bonchev–Trinajstić information content (AvgIpc) is 2.82. The molecule has 1 aliphatic carbocycles. The van der Waals surface area contributed by atoms with E-state index >= 15 is 0 Å². The summed E-state index contributed by atoms with van der Waals surface area (Å²) < 4.78 is 16.6. The summed E-state index contributed by atoms with van der Waals surface area (Å²) in [5.74, 6) is 0.800. The number of hydrogen-bond donors (Lipinski definition) is 1. The Kier molecular flexibility index (Phi) is 7.57. The number of carbonyl (C=O) groups is 1. The van der Waals surface area contributed by atoms with Gasteiger partial charge in [-0.05, 0) is 80.3 Å². The number of benzene rings is 3. The number of halogens is 1. The molecule has 0 radical (unpaired) electrons. The summed E-state index contributed by atoms with van der Waals surface area (Å²) in [6, 6.07) is 21.5. The number of nitrogens with two attached hydrogens (primary N) is 1. The van der Waals surface area contributed by atoms with Crippen molar-refractivity contribution in [2.75, 3.05) is 7.11 Å². The molecule has 188 valence electrons. The highest BCUT2D eigenvalue weighted by Crippen LogP contribution is 2.57. The summed E-state index contributed by atoms with van der Waals surface area (Å²) in [4.78, 5) is 13.6. The van der Waals surface area contributed by atoms with Crippen molar-refractivity contribution < 1.29 is 19.0 Å². The van der Waals surface area contributed by atoms with Crippen molar-refractivity contribution >= 4 is 29.3 Å². The summed E-state index contributed by atoms with van der Waals surface area (Å²) >= 11 is 7.69. The smallest absolute Gasteiger partial charge is 0.333 e. The van der Waals surface area contributed by atoms with E-state index in [0.717, 1.165) is 21.6 Å². The van der Waals surface area contributed by atoms with Gasteiger partial charge in [-0.2, -0.15) is 0 Å². The van der Waals surface area contributed by atoms with Crippen molar-refractivity contribution in [2.45, 2.75) is 49.0 Å². The summed E-state index contributed by atoms with van der Waals surface area (Å²) in [7, 11) is 1.63. The van der Waals surface area contributed by atoms with Crippen LogP contribution in [0.4, 0.5) is 0 Å². The number of rotatable bonds is 8. The lowest BCUT2D eigenvalue weighted by Crippen LogP contribution is -2.41. The molecular weight excluding hydrogens is 494 g/mol. The molecule has 0 aromatic heterocycles. The molecule has 4 rings (SSSR count). The minimum atomic E-state index is -0.669. The highest BCUT2D eigenvalue weighted by atomic mass is 35.5. The van der Waals surface area contributed by atoms with Gasteiger partial charge in [0.05, 0.1) is 11.9 Å². The van der Waals surface area contributed by atoms with E-state index < -0.39 is 16.3 Å². The highest BCUT2D eigenvalue weighted by molar-refractivity contribution is 8.00. The van der Waals surface area contributed by atoms with Crippen LogP contribution in [-0.4, -0.2) is 18.7 Å². The topological polar surface area (TPSA) is 70.8 Å². The van der Waals surface area contributed by atoms with Crippen LogP contribution in [0.2, 0.25) is 5.02 Å². The van der Waals surface area contributed by atoms with E-state index in [9.17, 15) is 4.79 Å². The standard InChI is InChI=1S/C29H30ClNO4S/c1-28(2,3)35-27(32)16-26(31)29(36-22-12-10-21(30)11-13-22)17-20-14-24(33-4)25(15-23(20)29)34-18-19-8-6-5-7-9-19/h5-16H,17-18,31H2,1-4H3/b26-16+. The second-order valence-corrected chi connectivity index (χ2v) is 11.4. The fraction of sp³-hybridized carbons (Fsp3) is 0.276. The van der Waals surface area contributed by atoms with Crippen molar-refractivity contribution in [2.24, 2.45) is 5.73 Å². The molecule has 0 saturated heterocycles. The Morgan fingerprint density at radius 3 is 2.42 bits per heavy atom. The van der Waals surface area contributed by atoms with Crippen LogP contribution < -0.4 is 15.2 Å². The van der Waals surface area contributed by atoms with Crippen LogP contribution in [0.5, 0.6) is 11.5 Å². The number of thioether (sulfide) groups is 1. The monoisotopic (exact) mass is 523 g/mol. The van der Waals surface area contributed by atoms with E-state index in [0.29, 0.717) is 35.2 Å². The predicted octanol–water partition coefficient (Wildman–Crippen LogP) is 6.66. The largest absolute Gasteiger partial charge is 0.493 e. The van der Waals surface area contributed by atoms with Gasteiger partial charge in [0, 0.05) is 21.7 Å². The maximum Gasteiger partial charge on any atom is 0.333 e. The lowest BCUT2D eigenvalue weighted by Gasteiger charge is -2.44. The van der Waals surface area contributed by atoms with Crippen LogP contribution in [-0.2, 0) is 27.3 Å². The molecule has 36 heavy (non-hydrogen) atoms. The molecule has 1 aliphatic rings. The number of carbonyl (C=O) groups excluding carboxylic acids is 1. The summed E-state index contributed by atoms with van der Waals surface area (Å²) in [6.45, 7) is 5.88. The van der Waals surface area contributed by atoms with Gasteiger partial charge in [0.1, 0.15) is 12.2 Å². The molecule has 1 atom stereocenters. The molecule has 0 amide bonds. The fourth-order valence-corrected chi connectivity index (χ4v) is 5.58. The SMILES string of the molecule is COc1cc2c(cc1OCc1ccccc1)C(Sc1ccc(Cl)cc1)(/C(N)=C\C(=O)OC(C)(C)C)C2. The summed E-state index contributed by atoms with van der Waals surface area (Å²) in [5.41, 5.74) is 9.56. The molecule has 1 unspecified atom stereocenters. The Hall–Kier alpha value is -3.09. The van der Waals surface area contributed by atoms with E-state index in [1.165, 1.54) is 6.08 Å². The molecule has 0 heterocycles. The Bertz CT molecular complexity index is 1270. The van der Waals surface area contributed by atoms with Crippen LogP contribution in [0.25, 0.3) is 0 Å². The normalized spacial score (nSPS) is 17.1. The minimum absolute atomic E-state index is 0.399. The number of fused-ring (bicyclic) bond motifs is 1. The summed E-state index contributed by atoms with van der Waals surface area (Å²) in [5, 5.41) is 0.654. The van der Waals surface area contributed by atoms with Gasteiger partial charge in [-0.15, -0.1) is 11.8 Å². The number of methoxy groups -OCH3 is 1. The molecule has 2 N–H and O–H groups in total. The van der Waals surface area contributed by atoms with Crippen LogP contribution in [0, 0.1) is 0 Å². The van der Waals surface area contributed by atoms with Gasteiger partial charge in [-0.1, -0.05) is 41.9 Å². The molecular formula is C29H30ClNO4S. The zero-order valence-corrected chi connectivity index (χ0v) is 22.4. The molecule has 5 nitrogen and oxygen atoms in total. The number of ether oxygens (including phenoxy) is 3. The Labute approximate surface area is 221 Å². The number of esters is 1. The molecule has 0 fully saturated rings. The first-order valence-electron chi connectivity index (χ1n) is 11.6. The molecule has 0 bridgehead atoms. The highest BCUT2D eigenvalue weighted by Gasteiger charge is 2.47. The van der Waals surface area contributed by atoms with Crippen LogP contribution in [0.1, 0.15) is 37.5 Å². The lowest BCUT2D eigenvalue weighted by atomic mass is 9.74. The second-order valence-electron chi connectivity index (χ2n) is 9.63. The predicted molar refractivity (Wildman–Crippen MR) is 145 cm³/mol. The zero-order chi connectivity index (χ0) is 25.9. The second kappa shape index (κ2) is 10.5. The van der Waals surface area contributed by atoms with Crippen molar-refractivity contribution in [1.82, 2.24) is 0 Å². The summed E-state index contributed by atoms with van der Waals surface area (Å²) in [6.07, 6.45) is 2.02. The quantitative estimate of drug-likeness (QED) is 0.263. The van der Waals surface area contributed by atoms with E-state index in [2.05, 4.69) is 0 Å². The Balaban J connectivity index is 1.72. The first kappa shape index (κ1) is 26.0. The molecule has 3 aromatic carbocycles. The first-order valence-corrected chi connectivity index (χ1v) is 12.8. The van der Waals surface area contributed by atoms with E-state index in [-0.39, 0.29) is 0 Å². The Morgan fingerprint density at radius 2 is 1.78 bits per heavy atom. The first-order chi connectivity index (χ1) is 17.1. The third kappa shape index (κ3) is 5.82. The molecule has 0 saturated carbocycles. The minimum Gasteiger partial charge on any atom is -0.493 e. The maximum atomic E-state index is 12.6. The maximum absolute atomic E-state index is 12.6. The van der Waals surface area contributed by atoms with Crippen molar-refractivity contribution in [3.63, 3.8) is 0 Å². The third-order valence-electron chi connectivity index (χ3n) is 5.75. The van der Waals surface area contributed by atoms with Gasteiger partial charge >= 0.3 is 5.97 Å². The van der Waals surface area contributed by atoms with Crippen LogP contribution in [0.15, 0.2) is 83.4 Å². The fourth-order valence-electron chi connectivity index (χ4n) is 4.07. The Morgan fingerprint density at radius 1 is 1.08 bits per heavy atom. The van der Waals surface area contributed by atoms with Gasteiger partial charge < -0.3 is 19.9 Å². The van der Waals surface area contributed by atoms with E-state index in [1.807, 2.05) is 87.5 Å². The zero-order valence-electron chi connectivity index (χ0n) is 20.8. The van der Waals surface area contributed by atoms with E-state index in [4.69, 9.17) is 31.5 Å². The molecule has 0 spiro atoms. The van der Waals surface area contributed by atoms with Gasteiger partial charge in [-0.3, -0.25) is 0 Å². The van der Waals surface area contributed by atoms with Gasteiger partial charge in [-0.25, -0.2) is 4.79 Å². The van der Waals surface area contributed by atoms with Gasteiger partial charge in [0.2, 0.25) is 0 Å². The van der Waals surface area contributed by atoms with Crippen LogP contribution >= 0.6 is 23.4 Å². The van der Waals surface area contributed by atoms with Gasteiger partial charge in [0.25, 0.3) is 0 Å². The third-order valence-corrected chi connectivity index (χ3v) is 7.46. The van der Waals surface area contributed by atoms with Crippen molar-refractivity contribution in [3.8, 4) is 11.5 Å².